The topological polar surface area (TPSA) is 102 Å². The van der Waals surface area contributed by atoms with Gasteiger partial charge in [0, 0.05) is 23.4 Å². The number of para-hydroxylation sites is 1. The van der Waals surface area contributed by atoms with Gasteiger partial charge in [-0.15, -0.1) is 0 Å². The van der Waals surface area contributed by atoms with Gasteiger partial charge < -0.3 is 15.4 Å². The number of carbonyl (C=O) groups is 4. The zero-order valence-electron chi connectivity index (χ0n) is 14.9. The van der Waals surface area contributed by atoms with E-state index < -0.39 is 18.5 Å². The van der Waals surface area contributed by atoms with Crippen LogP contribution in [0, 0.1) is 0 Å². The number of nitrogens with one attached hydrogen (secondary N) is 2. The predicted octanol–water partition coefficient (Wildman–Crippen LogP) is 2.79. The van der Waals surface area contributed by atoms with Crippen LogP contribution in [-0.4, -0.2) is 30.2 Å². The smallest absolute Gasteiger partial charge is 0.306 e. The molecule has 2 aromatic carbocycles. The van der Waals surface area contributed by atoms with Crippen molar-refractivity contribution in [3.63, 3.8) is 0 Å². The van der Waals surface area contributed by atoms with Crippen molar-refractivity contribution in [2.75, 3.05) is 17.2 Å². The summed E-state index contributed by atoms with van der Waals surface area (Å²) in [6.07, 6.45) is -0.166. The molecular formula is C20H20N2O5. The molecular weight excluding hydrogens is 348 g/mol. The highest BCUT2D eigenvalue weighted by Crippen LogP contribution is 2.10. The quantitative estimate of drug-likeness (QED) is 0.551. The number of ketones is 1. The second-order valence-electron chi connectivity index (χ2n) is 5.76. The number of anilines is 2. The van der Waals surface area contributed by atoms with E-state index in [1.807, 2.05) is 6.07 Å². The van der Waals surface area contributed by atoms with Crippen molar-refractivity contribution < 1.29 is 23.9 Å². The van der Waals surface area contributed by atoms with Crippen molar-refractivity contribution in [3.05, 3.63) is 60.2 Å². The number of Topliss-reactive ketones (excluding diaryl/α,β-unsaturated/α-hetero) is 1. The zero-order chi connectivity index (χ0) is 19.6. The summed E-state index contributed by atoms with van der Waals surface area (Å²) in [7, 11) is 0. The lowest BCUT2D eigenvalue weighted by Gasteiger charge is -2.07. The standard InChI is InChI=1S/C20H20N2O5/c1-14(23)15-7-9-17(10-8-15)22-19(25)13-27-20(26)12-11-18(24)21-16-5-3-2-4-6-16/h2-10H,11-13H2,1H3,(H,21,24)(H,22,25). The Hall–Kier alpha value is -3.48. The number of carbonyl (C=O) groups excluding carboxylic acids is 4. The molecule has 0 heterocycles. The largest absolute Gasteiger partial charge is 0.456 e. The Morgan fingerprint density at radius 3 is 2.00 bits per heavy atom. The fraction of sp³-hybridized carbons (Fsp3) is 0.200. The van der Waals surface area contributed by atoms with E-state index in [0.29, 0.717) is 16.9 Å². The van der Waals surface area contributed by atoms with Gasteiger partial charge in [-0.3, -0.25) is 19.2 Å². The van der Waals surface area contributed by atoms with Gasteiger partial charge in [-0.25, -0.2) is 0 Å². The van der Waals surface area contributed by atoms with Crippen molar-refractivity contribution in [2.24, 2.45) is 0 Å². The third-order valence-electron chi connectivity index (χ3n) is 3.55. The summed E-state index contributed by atoms with van der Waals surface area (Å²) in [6.45, 7) is 1.00. The van der Waals surface area contributed by atoms with Gasteiger partial charge in [-0.2, -0.15) is 0 Å². The van der Waals surface area contributed by atoms with Gasteiger partial charge in [0.25, 0.3) is 5.91 Å². The maximum Gasteiger partial charge on any atom is 0.306 e. The van der Waals surface area contributed by atoms with E-state index in [1.54, 1.807) is 48.5 Å². The Labute approximate surface area is 156 Å². The molecule has 2 aromatic rings. The molecule has 0 fully saturated rings. The lowest BCUT2D eigenvalue weighted by atomic mass is 10.1. The molecule has 2 N–H and O–H groups in total. The van der Waals surface area contributed by atoms with E-state index in [-0.39, 0.29) is 24.5 Å². The van der Waals surface area contributed by atoms with E-state index in [1.165, 1.54) is 6.92 Å². The van der Waals surface area contributed by atoms with Crippen LogP contribution in [0.25, 0.3) is 0 Å². The second kappa shape index (κ2) is 9.86. The summed E-state index contributed by atoms with van der Waals surface area (Å²) in [5.41, 5.74) is 1.67. The first-order valence-corrected chi connectivity index (χ1v) is 8.35. The van der Waals surface area contributed by atoms with Gasteiger partial charge in [0.05, 0.1) is 6.42 Å². The van der Waals surface area contributed by atoms with Crippen LogP contribution in [0.3, 0.4) is 0 Å². The molecule has 2 amide bonds. The summed E-state index contributed by atoms with van der Waals surface area (Å²) < 4.78 is 4.85. The SMILES string of the molecule is CC(=O)c1ccc(NC(=O)COC(=O)CCC(=O)Nc2ccccc2)cc1. The van der Waals surface area contributed by atoms with Gasteiger partial charge in [0.1, 0.15) is 0 Å². The molecule has 7 heteroatoms. The number of ether oxygens (including phenoxy) is 1. The molecule has 140 valence electrons. The zero-order valence-corrected chi connectivity index (χ0v) is 14.9. The average molecular weight is 368 g/mol. The van der Waals surface area contributed by atoms with Gasteiger partial charge in [-0.1, -0.05) is 18.2 Å². The molecule has 0 radical (unpaired) electrons. The monoisotopic (exact) mass is 368 g/mol. The number of amides is 2. The maximum absolute atomic E-state index is 11.8. The minimum atomic E-state index is -0.639. The van der Waals surface area contributed by atoms with Crippen molar-refractivity contribution in [1.82, 2.24) is 0 Å². The van der Waals surface area contributed by atoms with Crippen LogP contribution in [0.15, 0.2) is 54.6 Å². The number of esters is 1. The van der Waals surface area contributed by atoms with Crippen LogP contribution in [0.4, 0.5) is 11.4 Å². The number of benzene rings is 2. The molecule has 0 atom stereocenters. The Balaban J connectivity index is 1.67. The van der Waals surface area contributed by atoms with Gasteiger partial charge in [-0.05, 0) is 43.3 Å². The van der Waals surface area contributed by atoms with Crippen LogP contribution in [-0.2, 0) is 19.1 Å². The highest BCUT2D eigenvalue weighted by molar-refractivity contribution is 5.96. The maximum atomic E-state index is 11.8. The van der Waals surface area contributed by atoms with Crippen molar-refractivity contribution in [3.8, 4) is 0 Å². The van der Waals surface area contributed by atoms with E-state index >= 15 is 0 Å². The summed E-state index contributed by atoms with van der Waals surface area (Å²) in [5.74, 6) is -1.53. The summed E-state index contributed by atoms with van der Waals surface area (Å²) in [5, 5.41) is 5.21. The van der Waals surface area contributed by atoms with Crippen molar-refractivity contribution in [2.45, 2.75) is 19.8 Å². The third-order valence-corrected chi connectivity index (χ3v) is 3.55. The Bertz CT molecular complexity index is 816. The molecule has 0 saturated carbocycles. The first-order valence-electron chi connectivity index (χ1n) is 8.35. The molecule has 0 aliphatic rings. The second-order valence-corrected chi connectivity index (χ2v) is 5.76. The van der Waals surface area contributed by atoms with Crippen LogP contribution in [0.5, 0.6) is 0 Å². The van der Waals surface area contributed by atoms with E-state index in [4.69, 9.17) is 4.74 Å². The van der Waals surface area contributed by atoms with Crippen LogP contribution >= 0.6 is 0 Å². The highest BCUT2D eigenvalue weighted by Gasteiger charge is 2.11. The molecule has 2 rings (SSSR count). The fourth-order valence-corrected chi connectivity index (χ4v) is 2.16. The highest BCUT2D eigenvalue weighted by atomic mass is 16.5. The van der Waals surface area contributed by atoms with Gasteiger partial charge >= 0.3 is 5.97 Å². The summed E-state index contributed by atoms with van der Waals surface area (Å²) in [4.78, 5) is 46.4. The Morgan fingerprint density at radius 1 is 0.778 bits per heavy atom. The number of hydrogen-bond donors (Lipinski definition) is 2. The van der Waals surface area contributed by atoms with Crippen LogP contribution in [0.2, 0.25) is 0 Å². The summed E-state index contributed by atoms with van der Waals surface area (Å²) in [6, 6.07) is 15.2. The Morgan fingerprint density at radius 2 is 1.37 bits per heavy atom. The molecule has 0 saturated heterocycles. The molecule has 7 nitrogen and oxygen atoms in total. The lowest BCUT2D eigenvalue weighted by molar-refractivity contribution is -0.147. The fourth-order valence-electron chi connectivity index (χ4n) is 2.16. The average Bonchev–Trinajstić information content (AvgIpc) is 2.66. The lowest BCUT2D eigenvalue weighted by Crippen LogP contribution is -2.21. The van der Waals surface area contributed by atoms with Crippen molar-refractivity contribution in [1.29, 1.82) is 0 Å². The molecule has 27 heavy (non-hydrogen) atoms. The van der Waals surface area contributed by atoms with Crippen molar-refractivity contribution >= 4 is 34.9 Å². The van der Waals surface area contributed by atoms with E-state index in [9.17, 15) is 19.2 Å². The normalized spacial score (nSPS) is 9.96. The van der Waals surface area contributed by atoms with E-state index in [2.05, 4.69) is 10.6 Å². The van der Waals surface area contributed by atoms with E-state index in [0.717, 1.165) is 0 Å². The van der Waals surface area contributed by atoms with Crippen LogP contribution in [0.1, 0.15) is 30.1 Å². The first kappa shape index (κ1) is 19.8. The minimum absolute atomic E-state index is 0.0398. The predicted molar refractivity (Wildman–Crippen MR) is 100 cm³/mol. The van der Waals surface area contributed by atoms with Crippen LogP contribution < -0.4 is 10.6 Å². The summed E-state index contributed by atoms with van der Waals surface area (Å²) >= 11 is 0. The molecule has 0 spiro atoms. The molecule has 0 aromatic heterocycles. The molecule has 0 aliphatic carbocycles. The first-order chi connectivity index (χ1) is 12.9. The molecule has 0 aliphatic heterocycles. The molecule has 0 bridgehead atoms. The number of hydrogen-bond acceptors (Lipinski definition) is 5. The number of rotatable bonds is 8. The third kappa shape index (κ3) is 7.11. The van der Waals surface area contributed by atoms with Gasteiger partial charge in [0.2, 0.25) is 5.91 Å². The van der Waals surface area contributed by atoms with Gasteiger partial charge in [0.15, 0.2) is 12.4 Å². The minimum Gasteiger partial charge on any atom is -0.456 e. The Kier molecular flexibility index (Phi) is 7.25. The molecule has 0 unspecified atom stereocenters.